The number of nitrogens with one attached hydrogen (secondary N) is 2. The van der Waals surface area contributed by atoms with Crippen LogP contribution in [0.15, 0.2) is 29.8 Å². The average molecular weight is 317 g/mol. The Labute approximate surface area is 133 Å². The van der Waals surface area contributed by atoms with Gasteiger partial charge in [-0.05, 0) is 24.5 Å². The maximum atomic E-state index is 12.0. The first-order chi connectivity index (χ1) is 10.6. The second-order valence-corrected chi connectivity index (χ2v) is 6.39. The molecule has 0 spiro atoms. The quantitative estimate of drug-likeness (QED) is 0.798. The normalized spacial score (nSPS) is 21.0. The van der Waals surface area contributed by atoms with Crippen LogP contribution in [0.5, 0.6) is 0 Å². The molecule has 1 aromatic carbocycles. The van der Waals surface area contributed by atoms with E-state index in [1.165, 1.54) is 4.88 Å². The number of aliphatic hydroxyl groups is 1. The third kappa shape index (κ3) is 3.35. The van der Waals surface area contributed by atoms with Gasteiger partial charge in [-0.3, -0.25) is 4.79 Å². The molecular formula is C16H19N3O2S. The molecule has 1 fully saturated rings. The molecule has 5 nitrogen and oxygen atoms in total. The van der Waals surface area contributed by atoms with E-state index in [0.717, 1.165) is 16.8 Å². The molecule has 6 heteroatoms. The molecule has 0 bridgehead atoms. The average Bonchev–Trinajstić information content (AvgIpc) is 3.14. The Hall–Kier alpha value is -1.76. The van der Waals surface area contributed by atoms with Crippen LogP contribution in [0.4, 0.5) is 0 Å². The largest absolute Gasteiger partial charge is 0.392 e. The van der Waals surface area contributed by atoms with Crippen LogP contribution in [0.1, 0.15) is 17.7 Å². The number of hydrogen-bond acceptors (Lipinski definition) is 5. The summed E-state index contributed by atoms with van der Waals surface area (Å²) in [6, 6.07) is 7.87. The van der Waals surface area contributed by atoms with Crippen LogP contribution in [-0.2, 0) is 11.3 Å². The molecule has 2 atom stereocenters. The van der Waals surface area contributed by atoms with Gasteiger partial charge in [-0.25, -0.2) is 4.98 Å². The summed E-state index contributed by atoms with van der Waals surface area (Å²) in [6.07, 6.45) is 0.0628. The van der Waals surface area contributed by atoms with Crippen molar-refractivity contribution in [3.05, 3.63) is 41.0 Å². The monoisotopic (exact) mass is 317 g/mol. The zero-order chi connectivity index (χ0) is 15.5. The van der Waals surface area contributed by atoms with Gasteiger partial charge < -0.3 is 15.7 Å². The van der Waals surface area contributed by atoms with Gasteiger partial charge in [0.15, 0.2) is 0 Å². The summed E-state index contributed by atoms with van der Waals surface area (Å²) in [5.41, 5.74) is 5.09. The zero-order valence-corrected chi connectivity index (χ0v) is 13.2. The lowest BCUT2D eigenvalue weighted by molar-refractivity contribution is -0.123. The van der Waals surface area contributed by atoms with Crippen LogP contribution < -0.4 is 10.6 Å². The molecule has 1 saturated heterocycles. The first-order valence-electron chi connectivity index (χ1n) is 7.32. The molecule has 116 valence electrons. The first-order valence-corrected chi connectivity index (χ1v) is 8.20. The molecule has 3 N–H and O–H groups in total. The number of aryl methyl sites for hydroxylation is 1. The van der Waals surface area contributed by atoms with Crippen LogP contribution in [-0.4, -0.2) is 34.7 Å². The predicted octanol–water partition coefficient (Wildman–Crippen LogP) is 1.46. The minimum atomic E-state index is -0.419. The van der Waals surface area contributed by atoms with Gasteiger partial charge in [0.05, 0.1) is 28.2 Å². The van der Waals surface area contributed by atoms with Gasteiger partial charge in [0, 0.05) is 13.1 Å². The molecule has 1 aliphatic heterocycles. The van der Waals surface area contributed by atoms with E-state index in [1.807, 2.05) is 24.6 Å². The van der Waals surface area contributed by atoms with Crippen molar-refractivity contribution in [3.63, 3.8) is 0 Å². The number of aromatic nitrogens is 1. The van der Waals surface area contributed by atoms with E-state index >= 15 is 0 Å². The number of nitrogens with zero attached hydrogens (tertiary/aromatic N) is 1. The van der Waals surface area contributed by atoms with Gasteiger partial charge in [-0.2, -0.15) is 0 Å². The summed E-state index contributed by atoms with van der Waals surface area (Å²) in [6.45, 7) is 2.99. The molecule has 3 rings (SSSR count). The zero-order valence-electron chi connectivity index (χ0n) is 12.4. The molecule has 2 heterocycles. The van der Waals surface area contributed by atoms with Crippen molar-refractivity contribution in [2.45, 2.75) is 32.0 Å². The van der Waals surface area contributed by atoms with Gasteiger partial charge in [0.2, 0.25) is 5.91 Å². The van der Waals surface area contributed by atoms with E-state index in [1.54, 1.807) is 11.3 Å². The third-order valence-electron chi connectivity index (χ3n) is 3.85. The van der Waals surface area contributed by atoms with Crippen molar-refractivity contribution in [2.24, 2.45) is 0 Å². The van der Waals surface area contributed by atoms with Crippen molar-refractivity contribution in [1.82, 2.24) is 15.6 Å². The molecular weight excluding hydrogens is 298 g/mol. The Morgan fingerprint density at radius 3 is 2.82 bits per heavy atom. The number of hydrogen-bond donors (Lipinski definition) is 3. The lowest BCUT2D eigenvalue weighted by atomic mass is 10.1. The molecule has 0 unspecified atom stereocenters. The van der Waals surface area contributed by atoms with E-state index < -0.39 is 6.10 Å². The number of amides is 1. The Balaban J connectivity index is 1.57. The minimum absolute atomic E-state index is 0.0565. The molecule has 2 aromatic rings. The van der Waals surface area contributed by atoms with Gasteiger partial charge in [-0.1, -0.05) is 24.3 Å². The fraction of sp³-hybridized carbons (Fsp3) is 0.375. The van der Waals surface area contributed by atoms with Gasteiger partial charge in [0.25, 0.3) is 0 Å². The topological polar surface area (TPSA) is 74.2 Å². The van der Waals surface area contributed by atoms with Crippen molar-refractivity contribution in [3.8, 4) is 10.4 Å². The van der Waals surface area contributed by atoms with Crippen LogP contribution in [0.2, 0.25) is 0 Å². The van der Waals surface area contributed by atoms with Crippen LogP contribution in [0.3, 0.4) is 0 Å². The highest BCUT2D eigenvalue weighted by atomic mass is 32.1. The number of carbonyl (C=O) groups excluding carboxylic acids is 1. The number of β-amino-alcohol motifs (C(OH)–C–C–N with tert-alkyl or cyclic N) is 1. The summed E-state index contributed by atoms with van der Waals surface area (Å²) < 4.78 is 0. The smallest absolute Gasteiger partial charge is 0.237 e. The second kappa shape index (κ2) is 6.56. The van der Waals surface area contributed by atoms with Crippen LogP contribution in [0.25, 0.3) is 10.4 Å². The lowest BCUT2D eigenvalue weighted by Crippen LogP contribution is -2.39. The fourth-order valence-corrected chi connectivity index (χ4v) is 3.39. The van der Waals surface area contributed by atoms with Crippen molar-refractivity contribution >= 4 is 17.2 Å². The van der Waals surface area contributed by atoms with Crippen molar-refractivity contribution in [2.75, 3.05) is 6.54 Å². The number of thiazole rings is 1. The summed E-state index contributed by atoms with van der Waals surface area (Å²) in [4.78, 5) is 17.4. The van der Waals surface area contributed by atoms with Crippen molar-refractivity contribution in [1.29, 1.82) is 0 Å². The Morgan fingerprint density at radius 2 is 2.23 bits per heavy atom. The van der Waals surface area contributed by atoms with Gasteiger partial charge >= 0.3 is 0 Å². The van der Waals surface area contributed by atoms with E-state index in [4.69, 9.17) is 0 Å². The van der Waals surface area contributed by atoms with E-state index in [2.05, 4.69) is 27.8 Å². The van der Waals surface area contributed by atoms with Gasteiger partial charge in [0.1, 0.15) is 0 Å². The highest BCUT2D eigenvalue weighted by molar-refractivity contribution is 7.13. The molecule has 1 amide bonds. The third-order valence-corrected chi connectivity index (χ3v) is 4.83. The highest BCUT2D eigenvalue weighted by Gasteiger charge is 2.27. The van der Waals surface area contributed by atoms with Gasteiger partial charge in [-0.15, -0.1) is 11.3 Å². The molecule has 0 radical (unpaired) electrons. The first kappa shape index (κ1) is 15.1. The maximum absolute atomic E-state index is 12.0. The van der Waals surface area contributed by atoms with E-state index in [-0.39, 0.29) is 11.9 Å². The van der Waals surface area contributed by atoms with Crippen molar-refractivity contribution < 1.29 is 9.90 Å². The molecule has 0 aliphatic carbocycles. The predicted molar refractivity (Wildman–Crippen MR) is 86.5 cm³/mol. The standard InChI is InChI=1S/C16H19N3O2S/c1-10-15(22-9-19-10)12-4-2-11(3-5-12)7-18-16(21)14-6-13(20)8-17-14/h2-5,9,13-14,17,20H,6-8H2,1H3,(H,18,21)/t13-,14+/m0/s1. The Kier molecular flexibility index (Phi) is 4.52. The summed E-state index contributed by atoms with van der Waals surface area (Å²) in [5.74, 6) is -0.0565. The number of carbonyl (C=O) groups is 1. The summed E-state index contributed by atoms with van der Waals surface area (Å²) in [7, 11) is 0. The number of benzene rings is 1. The SMILES string of the molecule is Cc1ncsc1-c1ccc(CNC(=O)[C@H]2C[C@H](O)CN2)cc1. The van der Waals surface area contributed by atoms with Crippen LogP contribution in [0, 0.1) is 6.92 Å². The molecule has 22 heavy (non-hydrogen) atoms. The van der Waals surface area contributed by atoms with E-state index in [0.29, 0.717) is 19.5 Å². The highest BCUT2D eigenvalue weighted by Crippen LogP contribution is 2.27. The van der Waals surface area contributed by atoms with Crippen LogP contribution >= 0.6 is 11.3 Å². The minimum Gasteiger partial charge on any atom is -0.392 e. The number of rotatable bonds is 4. The fourth-order valence-electron chi connectivity index (χ4n) is 2.58. The molecule has 0 saturated carbocycles. The number of aliphatic hydroxyl groups excluding tert-OH is 1. The van der Waals surface area contributed by atoms with E-state index in [9.17, 15) is 9.90 Å². The summed E-state index contributed by atoms with van der Waals surface area (Å²) in [5, 5.41) is 15.3. The molecule has 1 aromatic heterocycles. The lowest BCUT2D eigenvalue weighted by Gasteiger charge is -2.11. The maximum Gasteiger partial charge on any atom is 0.237 e. The Morgan fingerprint density at radius 1 is 1.45 bits per heavy atom. The second-order valence-electron chi connectivity index (χ2n) is 5.53. The summed E-state index contributed by atoms with van der Waals surface area (Å²) >= 11 is 1.63. The molecule has 1 aliphatic rings. The Bertz CT molecular complexity index is 654.